The zero-order chi connectivity index (χ0) is 20.8. The van der Waals surface area contributed by atoms with Gasteiger partial charge in [0.2, 0.25) is 0 Å². The Balaban J connectivity index is 2.22. The predicted octanol–water partition coefficient (Wildman–Crippen LogP) is 6.34. The lowest BCUT2D eigenvalue weighted by Crippen LogP contribution is -2.25. The zero-order valence-electron chi connectivity index (χ0n) is 18.8. The molecule has 1 aliphatic carbocycles. The second-order valence-electron chi connectivity index (χ2n) is 9.28. The largest absolute Gasteiger partial charge is 0.479 e. The van der Waals surface area contributed by atoms with Crippen LogP contribution in [0.2, 0.25) is 0 Å². The average molecular weight is 399 g/mol. The molecule has 0 radical (unpaired) electrons. The maximum atomic E-state index is 11.2. The lowest BCUT2D eigenvalue weighted by Gasteiger charge is -2.27. The van der Waals surface area contributed by atoms with E-state index in [0.29, 0.717) is 13.0 Å². The fourth-order valence-electron chi connectivity index (χ4n) is 4.70. The van der Waals surface area contributed by atoms with Crippen molar-refractivity contribution in [3.8, 4) is 0 Å². The lowest BCUT2D eigenvalue weighted by molar-refractivity contribution is -0.150. The van der Waals surface area contributed by atoms with Crippen molar-refractivity contribution in [2.75, 3.05) is 6.61 Å². The number of aliphatic hydroxyl groups is 1. The van der Waals surface area contributed by atoms with Gasteiger partial charge in [-0.25, -0.2) is 4.79 Å². The van der Waals surface area contributed by atoms with Gasteiger partial charge in [-0.3, -0.25) is 0 Å². The predicted molar refractivity (Wildman–Crippen MR) is 116 cm³/mol. The van der Waals surface area contributed by atoms with Crippen molar-refractivity contribution >= 4 is 5.97 Å². The zero-order valence-corrected chi connectivity index (χ0v) is 18.8. The number of carbonyl (C=O) groups is 1. The highest BCUT2D eigenvalue weighted by atomic mass is 16.5. The van der Waals surface area contributed by atoms with Gasteiger partial charge in [-0.15, -0.1) is 0 Å². The van der Waals surface area contributed by atoms with Crippen LogP contribution in [0.1, 0.15) is 117 Å². The van der Waals surface area contributed by atoms with Gasteiger partial charge in [0, 0.05) is 6.61 Å². The van der Waals surface area contributed by atoms with Crippen LogP contribution in [-0.2, 0) is 9.53 Å². The third kappa shape index (κ3) is 10.8. The van der Waals surface area contributed by atoms with Crippen molar-refractivity contribution in [1.29, 1.82) is 0 Å². The lowest BCUT2D eigenvalue weighted by atomic mass is 9.83. The van der Waals surface area contributed by atoms with Crippen LogP contribution in [0, 0.1) is 11.8 Å². The Morgan fingerprint density at radius 2 is 1.71 bits per heavy atom. The number of hydrogen-bond acceptors (Lipinski definition) is 3. The maximum absolute atomic E-state index is 11.2. The van der Waals surface area contributed by atoms with Crippen LogP contribution < -0.4 is 0 Å². The van der Waals surface area contributed by atoms with Gasteiger partial charge in [0.25, 0.3) is 0 Å². The van der Waals surface area contributed by atoms with E-state index < -0.39 is 17.7 Å². The molecule has 0 aromatic heterocycles. The molecule has 4 nitrogen and oxygen atoms in total. The van der Waals surface area contributed by atoms with Crippen LogP contribution in [0.25, 0.3) is 0 Å². The van der Waals surface area contributed by atoms with Gasteiger partial charge >= 0.3 is 5.97 Å². The molecule has 4 heteroatoms. The Labute approximate surface area is 173 Å². The van der Waals surface area contributed by atoms with Gasteiger partial charge in [-0.2, -0.15) is 0 Å². The first-order valence-electron chi connectivity index (χ1n) is 12.0. The third-order valence-corrected chi connectivity index (χ3v) is 6.53. The standard InChI is InChI=1S/C24H46O4/c1-4-6-10-17-24(3,27)18-16-21-14-11-13-20(21)12-8-7-9-15-22(23(25)26)28-19-5-2/h20-22,27H,4-19H2,1-3H3,(H,25,26)/t20-,21+,22?,24?/m0/s1. The second-order valence-corrected chi connectivity index (χ2v) is 9.28. The topological polar surface area (TPSA) is 66.8 Å². The number of carboxylic acid groups (broad SMARTS) is 1. The molecule has 4 atom stereocenters. The molecule has 0 aromatic carbocycles. The summed E-state index contributed by atoms with van der Waals surface area (Å²) in [7, 11) is 0. The van der Waals surface area contributed by atoms with Crippen molar-refractivity contribution in [1.82, 2.24) is 0 Å². The highest BCUT2D eigenvalue weighted by molar-refractivity contribution is 5.72. The van der Waals surface area contributed by atoms with Crippen molar-refractivity contribution < 1.29 is 19.7 Å². The van der Waals surface area contributed by atoms with Crippen LogP contribution >= 0.6 is 0 Å². The molecule has 0 amide bonds. The van der Waals surface area contributed by atoms with E-state index in [4.69, 9.17) is 4.74 Å². The van der Waals surface area contributed by atoms with Crippen molar-refractivity contribution in [3.05, 3.63) is 0 Å². The molecular formula is C24H46O4. The molecule has 1 aliphatic rings. The summed E-state index contributed by atoms with van der Waals surface area (Å²) in [6, 6.07) is 0. The number of ether oxygens (including phenoxy) is 1. The van der Waals surface area contributed by atoms with Gasteiger partial charge in [0.05, 0.1) is 5.60 Å². The van der Waals surface area contributed by atoms with E-state index in [-0.39, 0.29) is 0 Å². The molecular weight excluding hydrogens is 352 g/mol. The third-order valence-electron chi connectivity index (χ3n) is 6.53. The van der Waals surface area contributed by atoms with E-state index in [1.165, 1.54) is 44.9 Å². The maximum Gasteiger partial charge on any atom is 0.332 e. The Kier molecular flexibility index (Phi) is 13.1. The number of carboxylic acids is 1. The smallest absolute Gasteiger partial charge is 0.332 e. The average Bonchev–Trinajstić information content (AvgIpc) is 3.09. The van der Waals surface area contributed by atoms with Crippen LogP contribution in [0.3, 0.4) is 0 Å². The molecule has 0 aliphatic heterocycles. The molecule has 1 rings (SSSR count). The van der Waals surface area contributed by atoms with Crippen molar-refractivity contribution in [3.63, 3.8) is 0 Å². The summed E-state index contributed by atoms with van der Waals surface area (Å²) in [4.78, 5) is 11.2. The first-order valence-corrected chi connectivity index (χ1v) is 12.0. The molecule has 0 saturated heterocycles. The molecule has 2 N–H and O–H groups in total. The summed E-state index contributed by atoms with van der Waals surface area (Å²) >= 11 is 0. The van der Waals surface area contributed by atoms with E-state index in [9.17, 15) is 15.0 Å². The first kappa shape index (κ1) is 25.4. The number of unbranched alkanes of at least 4 members (excludes halogenated alkanes) is 4. The number of hydrogen-bond donors (Lipinski definition) is 2. The highest BCUT2D eigenvalue weighted by Crippen LogP contribution is 2.39. The van der Waals surface area contributed by atoms with E-state index in [2.05, 4.69) is 6.92 Å². The van der Waals surface area contributed by atoms with E-state index in [0.717, 1.165) is 56.8 Å². The van der Waals surface area contributed by atoms with Crippen molar-refractivity contribution in [2.24, 2.45) is 11.8 Å². The van der Waals surface area contributed by atoms with Gasteiger partial charge in [-0.1, -0.05) is 78.1 Å². The van der Waals surface area contributed by atoms with E-state index in [1.807, 2.05) is 13.8 Å². The Morgan fingerprint density at radius 3 is 2.36 bits per heavy atom. The fourth-order valence-corrected chi connectivity index (χ4v) is 4.70. The summed E-state index contributed by atoms with van der Waals surface area (Å²) in [5, 5.41) is 19.8. The minimum Gasteiger partial charge on any atom is -0.479 e. The van der Waals surface area contributed by atoms with Crippen LogP contribution in [-0.4, -0.2) is 34.5 Å². The van der Waals surface area contributed by atoms with Gasteiger partial charge < -0.3 is 14.9 Å². The molecule has 2 unspecified atom stereocenters. The minimum atomic E-state index is -0.824. The molecule has 0 heterocycles. The van der Waals surface area contributed by atoms with Gasteiger partial charge in [0.1, 0.15) is 0 Å². The van der Waals surface area contributed by atoms with E-state index in [1.54, 1.807) is 0 Å². The highest BCUT2D eigenvalue weighted by Gasteiger charge is 2.29. The summed E-state index contributed by atoms with van der Waals surface area (Å²) in [5.41, 5.74) is -0.493. The van der Waals surface area contributed by atoms with Crippen LogP contribution in [0.4, 0.5) is 0 Å². The Morgan fingerprint density at radius 1 is 1.00 bits per heavy atom. The molecule has 28 heavy (non-hydrogen) atoms. The Hall–Kier alpha value is -0.610. The summed E-state index contributed by atoms with van der Waals surface area (Å²) < 4.78 is 5.43. The summed E-state index contributed by atoms with van der Waals surface area (Å²) in [6.45, 7) is 6.76. The molecule has 0 bridgehead atoms. The molecule has 1 fully saturated rings. The van der Waals surface area contributed by atoms with Gasteiger partial charge in [-0.05, 0) is 50.9 Å². The molecule has 0 aromatic rings. The molecule has 0 spiro atoms. The fraction of sp³-hybridized carbons (Fsp3) is 0.958. The van der Waals surface area contributed by atoms with Crippen LogP contribution in [0.15, 0.2) is 0 Å². The van der Waals surface area contributed by atoms with E-state index >= 15 is 0 Å². The van der Waals surface area contributed by atoms with Crippen LogP contribution in [0.5, 0.6) is 0 Å². The molecule has 166 valence electrons. The normalized spacial score (nSPS) is 22.9. The number of rotatable bonds is 17. The van der Waals surface area contributed by atoms with Crippen molar-refractivity contribution in [2.45, 2.75) is 129 Å². The monoisotopic (exact) mass is 398 g/mol. The summed E-state index contributed by atoms with van der Waals surface area (Å²) in [6.07, 6.45) is 15.9. The quantitative estimate of drug-likeness (QED) is 0.280. The first-order chi connectivity index (χ1) is 13.4. The number of aliphatic carboxylic acids is 1. The second kappa shape index (κ2) is 14.4. The summed E-state index contributed by atoms with van der Waals surface area (Å²) in [5.74, 6) is 0.755. The Bertz CT molecular complexity index is 407. The van der Waals surface area contributed by atoms with Gasteiger partial charge in [0.15, 0.2) is 6.10 Å². The minimum absolute atomic E-state index is 0.493. The molecule has 1 saturated carbocycles. The SMILES string of the molecule is CCCCCC(C)(O)CC[C@H]1CCC[C@@H]1CCCCCC(OCCC)C(=O)O.